The molecule has 4 rings (SSSR count). The Hall–Kier alpha value is -3.34. The minimum atomic E-state index is -1.40. The van der Waals surface area contributed by atoms with E-state index in [1.807, 2.05) is 110 Å². The molecular weight excluding hydrogens is 400 g/mol. The maximum absolute atomic E-state index is 12.3. The summed E-state index contributed by atoms with van der Waals surface area (Å²) in [6.45, 7) is 2.04. The molecule has 0 aliphatic heterocycles. The summed E-state index contributed by atoms with van der Waals surface area (Å²) in [5.74, 6) is 0. The van der Waals surface area contributed by atoms with E-state index in [0.29, 0.717) is 10.7 Å². The van der Waals surface area contributed by atoms with Gasteiger partial charge in [0.1, 0.15) is 16.6 Å². The number of rotatable bonds is 6. The van der Waals surface area contributed by atoms with E-state index >= 15 is 0 Å². The van der Waals surface area contributed by atoms with Crippen molar-refractivity contribution in [2.45, 2.75) is 18.6 Å². The third-order valence-corrected chi connectivity index (χ3v) is 5.77. The number of aryl methyl sites for hydroxylation is 1. The summed E-state index contributed by atoms with van der Waals surface area (Å²) in [7, 11) is 0. The summed E-state index contributed by atoms with van der Waals surface area (Å²) >= 11 is 5.76. The van der Waals surface area contributed by atoms with Gasteiger partial charge in [-0.05, 0) is 30.2 Å². The Labute approximate surface area is 188 Å². The van der Waals surface area contributed by atoms with Crippen LogP contribution in [0.5, 0.6) is 0 Å². The van der Waals surface area contributed by atoms with Crippen LogP contribution in [-0.4, -0.2) is 15.1 Å². The van der Waals surface area contributed by atoms with Gasteiger partial charge in [-0.3, -0.25) is 4.98 Å². The lowest BCUT2D eigenvalue weighted by Gasteiger charge is -2.38. The molecule has 0 amide bonds. The number of hydrogen-bond donors (Lipinski definition) is 2. The van der Waals surface area contributed by atoms with E-state index in [0.717, 1.165) is 22.3 Å². The fraction of sp³-hybridized carbons (Fsp3) is 0.111. The first-order valence-corrected chi connectivity index (χ1v) is 10.6. The van der Waals surface area contributed by atoms with Gasteiger partial charge < -0.3 is 10.4 Å². The number of thiocarbonyl (C=S) groups is 1. The molecule has 3 aromatic carbocycles. The van der Waals surface area contributed by atoms with E-state index < -0.39 is 11.6 Å². The van der Waals surface area contributed by atoms with Crippen LogP contribution in [0.3, 0.4) is 0 Å². The summed E-state index contributed by atoms with van der Waals surface area (Å²) in [6, 6.07) is 32.4. The van der Waals surface area contributed by atoms with Crippen molar-refractivity contribution in [2.24, 2.45) is 0 Å². The molecule has 154 valence electrons. The Morgan fingerprint density at radius 2 is 1.35 bits per heavy atom. The lowest BCUT2D eigenvalue weighted by molar-refractivity contribution is 0.0424. The van der Waals surface area contributed by atoms with Crippen LogP contribution in [0.4, 0.5) is 0 Å². The Bertz CT molecular complexity index is 1090. The van der Waals surface area contributed by atoms with Crippen LogP contribution in [0.15, 0.2) is 109 Å². The first kappa shape index (κ1) is 20.9. The van der Waals surface area contributed by atoms with Crippen LogP contribution in [0.2, 0.25) is 0 Å². The third-order valence-electron chi connectivity index (χ3n) is 5.42. The van der Waals surface area contributed by atoms with Gasteiger partial charge in [0, 0.05) is 11.8 Å². The summed E-state index contributed by atoms with van der Waals surface area (Å²) in [5, 5.41) is 15.8. The average molecular weight is 425 g/mol. The predicted octanol–water partition coefficient (Wildman–Crippen LogP) is 5.33. The van der Waals surface area contributed by atoms with Gasteiger partial charge in [0.25, 0.3) is 0 Å². The van der Waals surface area contributed by atoms with Crippen LogP contribution in [-0.2, 0) is 5.60 Å². The molecule has 0 bridgehead atoms. The van der Waals surface area contributed by atoms with Gasteiger partial charge in [0.2, 0.25) is 0 Å². The molecule has 4 aromatic rings. The molecule has 0 fully saturated rings. The monoisotopic (exact) mass is 424 g/mol. The van der Waals surface area contributed by atoms with Crippen LogP contribution in [0.1, 0.15) is 34.0 Å². The second-order valence-electron chi connectivity index (χ2n) is 7.53. The molecule has 1 unspecified atom stereocenters. The van der Waals surface area contributed by atoms with Crippen molar-refractivity contribution in [3.63, 3.8) is 0 Å². The summed E-state index contributed by atoms with van der Waals surface area (Å²) in [6.07, 6.45) is 1.73. The largest absolute Gasteiger partial charge is 0.378 e. The molecular formula is C27H24N2OS. The fourth-order valence-corrected chi connectivity index (χ4v) is 4.00. The molecule has 2 N–H and O–H groups in total. The molecule has 3 nitrogen and oxygen atoms in total. The standard InChI is InChI=1S/C27H24N2OS/c1-20-15-17-21(18-16-20)26(31)29-25(24-14-8-9-19-28-24)27(30,22-10-4-2-5-11-22)23-12-6-3-7-13-23/h2-19,25,30H,1H3,(H,29,31). The van der Waals surface area contributed by atoms with Crippen molar-refractivity contribution >= 4 is 17.2 Å². The average Bonchev–Trinajstić information content (AvgIpc) is 2.84. The SMILES string of the molecule is Cc1ccc(C(=S)NC(c2ccccn2)C(O)(c2ccccc2)c2ccccc2)cc1. The second kappa shape index (κ2) is 9.21. The molecule has 0 spiro atoms. The highest BCUT2D eigenvalue weighted by molar-refractivity contribution is 7.80. The summed E-state index contributed by atoms with van der Waals surface area (Å²) < 4.78 is 0. The highest BCUT2D eigenvalue weighted by atomic mass is 32.1. The lowest BCUT2D eigenvalue weighted by atomic mass is 9.78. The maximum Gasteiger partial charge on any atom is 0.140 e. The van der Waals surface area contributed by atoms with Crippen molar-refractivity contribution in [2.75, 3.05) is 0 Å². The number of benzene rings is 3. The Balaban J connectivity index is 1.85. The van der Waals surface area contributed by atoms with E-state index in [1.165, 1.54) is 0 Å². The molecule has 1 heterocycles. The molecule has 0 aliphatic carbocycles. The van der Waals surface area contributed by atoms with Crippen LogP contribution >= 0.6 is 12.2 Å². The Kier molecular flexibility index (Phi) is 6.21. The zero-order chi connectivity index (χ0) is 21.7. The van der Waals surface area contributed by atoms with Crippen molar-refractivity contribution in [1.82, 2.24) is 10.3 Å². The van der Waals surface area contributed by atoms with Gasteiger partial charge >= 0.3 is 0 Å². The van der Waals surface area contributed by atoms with Gasteiger partial charge in [-0.2, -0.15) is 0 Å². The van der Waals surface area contributed by atoms with Gasteiger partial charge in [0.05, 0.1) is 5.69 Å². The number of nitrogens with one attached hydrogen (secondary N) is 1. The van der Waals surface area contributed by atoms with Gasteiger partial charge in [0.15, 0.2) is 0 Å². The zero-order valence-electron chi connectivity index (χ0n) is 17.3. The van der Waals surface area contributed by atoms with Crippen LogP contribution < -0.4 is 5.32 Å². The van der Waals surface area contributed by atoms with E-state index in [4.69, 9.17) is 12.2 Å². The molecule has 0 saturated carbocycles. The van der Waals surface area contributed by atoms with Crippen molar-refractivity contribution < 1.29 is 5.11 Å². The topological polar surface area (TPSA) is 45.2 Å². The number of aliphatic hydroxyl groups is 1. The van der Waals surface area contributed by atoms with E-state index in [-0.39, 0.29) is 0 Å². The Morgan fingerprint density at radius 3 is 1.87 bits per heavy atom. The van der Waals surface area contributed by atoms with Crippen LogP contribution in [0, 0.1) is 6.92 Å². The first-order chi connectivity index (χ1) is 15.1. The number of nitrogens with zero attached hydrogens (tertiary/aromatic N) is 1. The smallest absolute Gasteiger partial charge is 0.140 e. The van der Waals surface area contributed by atoms with Crippen molar-refractivity contribution in [1.29, 1.82) is 0 Å². The van der Waals surface area contributed by atoms with Crippen LogP contribution in [0.25, 0.3) is 0 Å². The first-order valence-electron chi connectivity index (χ1n) is 10.2. The lowest BCUT2D eigenvalue weighted by Crippen LogP contribution is -2.45. The fourth-order valence-electron chi connectivity index (χ4n) is 3.74. The minimum absolute atomic E-state index is 0.556. The Morgan fingerprint density at radius 1 is 0.806 bits per heavy atom. The quantitative estimate of drug-likeness (QED) is 0.411. The molecule has 1 atom stereocenters. The normalized spacial score (nSPS) is 12.2. The molecule has 31 heavy (non-hydrogen) atoms. The summed E-state index contributed by atoms with van der Waals surface area (Å²) in [4.78, 5) is 5.13. The summed E-state index contributed by atoms with van der Waals surface area (Å²) in [5.41, 5.74) is 2.88. The second-order valence-corrected chi connectivity index (χ2v) is 7.93. The predicted molar refractivity (Wildman–Crippen MR) is 129 cm³/mol. The highest BCUT2D eigenvalue weighted by Crippen LogP contribution is 2.40. The van der Waals surface area contributed by atoms with Gasteiger partial charge in [-0.1, -0.05) is 109 Å². The third kappa shape index (κ3) is 4.41. The number of aromatic nitrogens is 1. The minimum Gasteiger partial charge on any atom is -0.378 e. The number of pyridine rings is 1. The molecule has 1 aromatic heterocycles. The number of hydrogen-bond acceptors (Lipinski definition) is 3. The van der Waals surface area contributed by atoms with Crippen molar-refractivity contribution in [3.05, 3.63) is 137 Å². The van der Waals surface area contributed by atoms with E-state index in [2.05, 4.69) is 10.3 Å². The van der Waals surface area contributed by atoms with E-state index in [9.17, 15) is 5.11 Å². The molecule has 0 radical (unpaired) electrons. The highest BCUT2D eigenvalue weighted by Gasteiger charge is 2.42. The zero-order valence-corrected chi connectivity index (χ0v) is 18.1. The van der Waals surface area contributed by atoms with Gasteiger partial charge in [-0.25, -0.2) is 0 Å². The maximum atomic E-state index is 12.3. The molecule has 4 heteroatoms. The van der Waals surface area contributed by atoms with Gasteiger partial charge in [-0.15, -0.1) is 0 Å². The molecule has 0 saturated heterocycles. The van der Waals surface area contributed by atoms with Crippen molar-refractivity contribution in [3.8, 4) is 0 Å². The van der Waals surface area contributed by atoms with E-state index in [1.54, 1.807) is 6.20 Å². The molecule has 0 aliphatic rings.